The lowest BCUT2D eigenvalue weighted by Crippen LogP contribution is -2.21. The van der Waals surface area contributed by atoms with Crippen molar-refractivity contribution in [1.82, 2.24) is 4.98 Å². The molecule has 126 valence electrons. The van der Waals surface area contributed by atoms with Gasteiger partial charge in [-0.2, -0.15) is 0 Å². The first-order valence-corrected chi connectivity index (χ1v) is 7.62. The van der Waals surface area contributed by atoms with Crippen LogP contribution in [0.15, 0.2) is 60.8 Å². The van der Waals surface area contributed by atoms with Gasteiger partial charge in [-0.25, -0.2) is 9.78 Å². The summed E-state index contributed by atoms with van der Waals surface area (Å²) in [6.45, 7) is -0.402. The molecule has 1 N–H and O–H groups in total. The third kappa shape index (κ3) is 3.92. The Labute approximate surface area is 144 Å². The molecule has 6 heteroatoms. The number of nitrogens with zero attached hydrogens (tertiary/aromatic N) is 1. The van der Waals surface area contributed by atoms with Gasteiger partial charge in [0, 0.05) is 23.3 Å². The first-order valence-electron chi connectivity index (χ1n) is 7.62. The fourth-order valence-corrected chi connectivity index (χ4v) is 2.38. The van der Waals surface area contributed by atoms with Crippen molar-refractivity contribution in [1.29, 1.82) is 0 Å². The first kappa shape index (κ1) is 16.4. The number of hydrogen-bond donors (Lipinski definition) is 1. The van der Waals surface area contributed by atoms with Gasteiger partial charge in [0.1, 0.15) is 5.75 Å². The van der Waals surface area contributed by atoms with Crippen molar-refractivity contribution < 1.29 is 19.1 Å². The molecule has 2 aromatic carbocycles. The number of methoxy groups -OCH3 is 1. The zero-order valence-corrected chi connectivity index (χ0v) is 13.6. The van der Waals surface area contributed by atoms with Crippen LogP contribution in [0.4, 0.5) is 5.69 Å². The topological polar surface area (TPSA) is 77.5 Å². The number of fused-ring (bicyclic) bond motifs is 1. The number of aromatic nitrogens is 1. The van der Waals surface area contributed by atoms with E-state index in [0.29, 0.717) is 16.8 Å². The number of amides is 1. The molecule has 25 heavy (non-hydrogen) atoms. The van der Waals surface area contributed by atoms with Crippen LogP contribution < -0.4 is 10.1 Å². The van der Waals surface area contributed by atoms with E-state index in [4.69, 9.17) is 9.47 Å². The van der Waals surface area contributed by atoms with E-state index < -0.39 is 18.5 Å². The van der Waals surface area contributed by atoms with E-state index in [1.54, 1.807) is 37.4 Å². The quantitative estimate of drug-likeness (QED) is 0.725. The van der Waals surface area contributed by atoms with Crippen LogP contribution in [-0.4, -0.2) is 30.6 Å². The monoisotopic (exact) mass is 336 g/mol. The Morgan fingerprint density at radius 2 is 1.92 bits per heavy atom. The predicted octanol–water partition coefficient (Wildman–Crippen LogP) is 3.04. The highest BCUT2D eigenvalue weighted by molar-refractivity contribution is 6.03. The molecule has 0 bridgehead atoms. The Balaban J connectivity index is 1.64. The number of pyridine rings is 1. The summed E-state index contributed by atoms with van der Waals surface area (Å²) >= 11 is 0. The van der Waals surface area contributed by atoms with Gasteiger partial charge in [-0.3, -0.25) is 4.79 Å². The fourth-order valence-electron chi connectivity index (χ4n) is 2.38. The molecule has 3 aromatic rings. The van der Waals surface area contributed by atoms with Gasteiger partial charge in [0.05, 0.1) is 7.11 Å². The summed E-state index contributed by atoms with van der Waals surface area (Å²) in [5.41, 5.74) is 0.746. The van der Waals surface area contributed by atoms with Crippen molar-refractivity contribution in [3.05, 3.63) is 66.5 Å². The van der Waals surface area contributed by atoms with Crippen molar-refractivity contribution in [2.75, 3.05) is 19.0 Å². The van der Waals surface area contributed by atoms with E-state index >= 15 is 0 Å². The van der Waals surface area contributed by atoms with E-state index in [1.165, 1.54) is 6.20 Å². The Morgan fingerprint density at radius 3 is 2.76 bits per heavy atom. The maximum atomic E-state index is 12.2. The molecule has 0 radical (unpaired) electrons. The fraction of sp³-hybridized carbons (Fsp3) is 0.105. The molecule has 1 amide bonds. The highest BCUT2D eigenvalue weighted by atomic mass is 16.5. The number of anilines is 1. The van der Waals surface area contributed by atoms with E-state index in [-0.39, 0.29) is 5.69 Å². The summed E-state index contributed by atoms with van der Waals surface area (Å²) in [6, 6.07) is 16.1. The highest BCUT2D eigenvalue weighted by Gasteiger charge is 2.15. The van der Waals surface area contributed by atoms with Crippen LogP contribution in [-0.2, 0) is 9.53 Å². The van der Waals surface area contributed by atoms with Crippen LogP contribution in [0.5, 0.6) is 5.75 Å². The highest BCUT2D eigenvalue weighted by Crippen LogP contribution is 2.18. The molecule has 6 nitrogen and oxygen atoms in total. The van der Waals surface area contributed by atoms with E-state index in [1.807, 2.05) is 24.3 Å². The summed E-state index contributed by atoms with van der Waals surface area (Å²) < 4.78 is 10.2. The van der Waals surface area contributed by atoms with Crippen LogP contribution in [0, 0.1) is 0 Å². The smallest absolute Gasteiger partial charge is 0.358 e. The maximum Gasteiger partial charge on any atom is 0.358 e. The van der Waals surface area contributed by atoms with Gasteiger partial charge in [-0.1, -0.05) is 30.3 Å². The minimum Gasteiger partial charge on any atom is -0.497 e. The lowest BCUT2D eigenvalue weighted by atomic mass is 10.1. The standard InChI is InChI=1S/C19H16N2O4/c1-24-15-7-4-6-14(11-15)21-17(22)12-25-19(23)18-16-8-3-2-5-13(16)9-10-20-18/h2-11H,12H2,1H3,(H,21,22). The molecule has 0 aliphatic heterocycles. The SMILES string of the molecule is COc1cccc(NC(=O)COC(=O)c2nccc3ccccc23)c1. The maximum absolute atomic E-state index is 12.2. The van der Waals surface area contributed by atoms with Gasteiger partial charge in [0.15, 0.2) is 12.3 Å². The van der Waals surface area contributed by atoms with Crippen LogP contribution in [0.3, 0.4) is 0 Å². The number of esters is 1. The molecule has 0 fully saturated rings. The van der Waals surface area contributed by atoms with Crippen LogP contribution >= 0.6 is 0 Å². The first-order chi connectivity index (χ1) is 12.2. The van der Waals surface area contributed by atoms with Gasteiger partial charge in [-0.15, -0.1) is 0 Å². The summed E-state index contributed by atoms with van der Waals surface area (Å²) in [7, 11) is 1.54. The molecule has 0 unspecified atom stereocenters. The molecule has 0 saturated heterocycles. The third-order valence-electron chi connectivity index (χ3n) is 3.55. The van der Waals surface area contributed by atoms with Crippen molar-refractivity contribution in [3.63, 3.8) is 0 Å². The number of carbonyl (C=O) groups is 2. The Bertz CT molecular complexity index is 919. The Hall–Kier alpha value is -3.41. The molecule has 1 aromatic heterocycles. The molecule has 0 aliphatic rings. The second kappa shape index (κ2) is 7.44. The molecule has 3 rings (SSSR count). The van der Waals surface area contributed by atoms with Crippen molar-refractivity contribution in [2.24, 2.45) is 0 Å². The average molecular weight is 336 g/mol. The van der Waals surface area contributed by atoms with Crippen molar-refractivity contribution >= 4 is 28.3 Å². The van der Waals surface area contributed by atoms with Crippen molar-refractivity contribution in [3.8, 4) is 5.75 Å². The van der Waals surface area contributed by atoms with E-state index in [9.17, 15) is 9.59 Å². The zero-order chi connectivity index (χ0) is 17.6. The van der Waals surface area contributed by atoms with E-state index in [2.05, 4.69) is 10.3 Å². The molecule has 0 saturated carbocycles. The summed E-state index contributed by atoms with van der Waals surface area (Å²) in [5, 5.41) is 4.21. The Kier molecular flexibility index (Phi) is 4.89. The predicted molar refractivity (Wildman–Crippen MR) is 93.6 cm³/mol. The molecule has 0 aliphatic carbocycles. The second-order valence-corrected chi connectivity index (χ2v) is 5.24. The molecule has 0 spiro atoms. The van der Waals surface area contributed by atoms with Crippen LogP contribution in [0.25, 0.3) is 10.8 Å². The molecule has 1 heterocycles. The van der Waals surface area contributed by atoms with Gasteiger partial charge in [-0.05, 0) is 23.6 Å². The second-order valence-electron chi connectivity index (χ2n) is 5.24. The minimum absolute atomic E-state index is 0.187. The summed E-state index contributed by atoms with van der Waals surface area (Å²) in [6.07, 6.45) is 1.54. The van der Waals surface area contributed by atoms with Gasteiger partial charge in [0.2, 0.25) is 0 Å². The number of ether oxygens (including phenoxy) is 2. The van der Waals surface area contributed by atoms with E-state index in [0.717, 1.165) is 5.39 Å². The molecular formula is C19H16N2O4. The summed E-state index contributed by atoms with van der Waals surface area (Å²) in [4.78, 5) is 28.3. The zero-order valence-electron chi connectivity index (χ0n) is 13.6. The molecular weight excluding hydrogens is 320 g/mol. The lowest BCUT2D eigenvalue weighted by molar-refractivity contribution is -0.119. The number of carbonyl (C=O) groups excluding carboxylic acids is 2. The number of benzene rings is 2. The number of hydrogen-bond acceptors (Lipinski definition) is 5. The van der Waals surface area contributed by atoms with Crippen LogP contribution in [0.1, 0.15) is 10.5 Å². The van der Waals surface area contributed by atoms with Gasteiger partial charge in [0.25, 0.3) is 5.91 Å². The third-order valence-corrected chi connectivity index (χ3v) is 3.55. The van der Waals surface area contributed by atoms with Gasteiger partial charge < -0.3 is 14.8 Å². The lowest BCUT2D eigenvalue weighted by Gasteiger charge is -2.08. The molecule has 0 atom stereocenters. The van der Waals surface area contributed by atoms with Crippen LogP contribution in [0.2, 0.25) is 0 Å². The minimum atomic E-state index is -0.641. The summed E-state index contributed by atoms with van der Waals surface area (Å²) in [5.74, 6) is -0.464. The van der Waals surface area contributed by atoms with Gasteiger partial charge >= 0.3 is 5.97 Å². The number of nitrogens with one attached hydrogen (secondary N) is 1. The largest absolute Gasteiger partial charge is 0.497 e. The Morgan fingerprint density at radius 1 is 1.08 bits per heavy atom. The average Bonchev–Trinajstić information content (AvgIpc) is 2.65. The normalized spacial score (nSPS) is 10.3. The van der Waals surface area contributed by atoms with Crippen molar-refractivity contribution in [2.45, 2.75) is 0 Å². The number of rotatable bonds is 5.